The highest BCUT2D eigenvalue weighted by Crippen LogP contribution is 2.44. The van der Waals surface area contributed by atoms with Crippen molar-refractivity contribution in [3.8, 4) is 0 Å². The van der Waals surface area contributed by atoms with Crippen LogP contribution in [0.3, 0.4) is 0 Å². The summed E-state index contributed by atoms with van der Waals surface area (Å²) in [6.45, 7) is 4.91. The average molecular weight is 317 g/mol. The maximum atomic E-state index is 2.82. The Morgan fingerprint density at radius 3 is 2.55 bits per heavy atom. The number of para-hydroxylation sites is 1. The number of fused-ring (bicyclic) bond motifs is 2. The fourth-order valence-electron chi connectivity index (χ4n) is 5.03. The molecule has 0 N–H and O–H groups in total. The van der Waals surface area contributed by atoms with Gasteiger partial charge in [0.05, 0.1) is 5.69 Å². The molecule has 3 atom stereocenters. The Hall–Kier alpha value is -0.670. The van der Waals surface area contributed by atoms with Crippen molar-refractivity contribution in [3.63, 3.8) is 0 Å². The van der Waals surface area contributed by atoms with E-state index in [4.69, 9.17) is 0 Å². The lowest BCUT2D eigenvalue weighted by Crippen LogP contribution is -2.53. The second-order valence-corrected chi connectivity index (χ2v) is 8.13. The summed E-state index contributed by atoms with van der Waals surface area (Å²) in [7, 11) is 0. The lowest BCUT2D eigenvalue weighted by molar-refractivity contribution is 0.103. The van der Waals surface area contributed by atoms with E-state index in [9.17, 15) is 0 Å². The number of nitrogens with zero attached hydrogens (tertiary/aromatic N) is 2. The minimum absolute atomic E-state index is 0.900. The second kappa shape index (κ2) is 6.45. The molecule has 0 radical (unpaired) electrons. The van der Waals surface area contributed by atoms with Crippen LogP contribution in [0.5, 0.6) is 0 Å². The topological polar surface area (TPSA) is 6.48 Å². The largest absolute Gasteiger partial charge is 0.368 e. The van der Waals surface area contributed by atoms with Gasteiger partial charge in [-0.2, -0.15) is 0 Å². The van der Waals surface area contributed by atoms with Gasteiger partial charge in [0.25, 0.3) is 0 Å². The Balaban J connectivity index is 1.40. The van der Waals surface area contributed by atoms with Crippen LogP contribution in [0.2, 0.25) is 0 Å². The molecule has 0 amide bonds. The molecule has 3 heteroatoms. The SMILES string of the molecule is CSc1ccccc1N1CCN([C@H]2CC[C@H]3CC[C@H]2C3)CC1. The van der Waals surface area contributed by atoms with Gasteiger partial charge in [0.15, 0.2) is 0 Å². The molecule has 2 bridgehead atoms. The number of rotatable bonds is 3. The first kappa shape index (κ1) is 14.9. The molecule has 3 fully saturated rings. The maximum absolute atomic E-state index is 2.82. The summed E-state index contributed by atoms with van der Waals surface area (Å²) in [4.78, 5) is 6.85. The lowest BCUT2D eigenvalue weighted by Gasteiger charge is -2.44. The van der Waals surface area contributed by atoms with E-state index in [0.717, 1.165) is 17.9 Å². The Labute approximate surface area is 139 Å². The third-order valence-corrected chi connectivity index (χ3v) is 6.99. The normalized spacial score (nSPS) is 32.4. The number of piperazine rings is 1. The van der Waals surface area contributed by atoms with Crippen molar-refractivity contribution in [2.75, 3.05) is 37.3 Å². The smallest absolute Gasteiger partial charge is 0.0505 e. The molecular weight excluding hydrogens is 288 g/mol. The summed E-state index contributed by atoms with van der Waals surface area (Å²) in [6, 6.07) is 9.79. The third kappa shape index (κ3) is 2.78. The van der Waals surface area contributed by atoms with E-state index < -0.39 is 0 Å². The molecule has 2 saturated carbocycles. The van der Waals surface area contributed by atoms with Crippen molar-refractivity contribution < 1.29 is 0 Å². The van der Waals surface area contributed by atoms with Gasteiger partial charge in [-0.25, -0.2) is 0 Å². The molecule has 22 heavy (non-hydrogen) atoms. The van der Waals surface area contributed by atoms with Crippen molar-refractivity contribution in [2.24, 2.45) is 11.8 Å². The van der Waals surface area contributed by atoms with Crippen molar-refractivity contribution in [3.05, 3.63) is 24.3 Å². The van der Waals surface area contributed by atoms with E-state index in [1.165, 1.54) is 68.9 Å². The quantitative estimate of drug-likeness (QED) is 0.775. The molecule has 1 heterocycles. The first-order chi connectivity index (χ1) is 10.8. The fraction of sp³-hybridized carbons (Fsp3) is 0.684. The van der Waals surface area contributed by atoms with Gasteiger partial charge in [-0.05, 0) is 55.9 Å². The molecule has 1 saturated heterocycles. The van der Waals surface area contributed by atoms with Crippen LogP contribution in [0.15, 0.2) is 29.2 Å². The van der Waals surface area contributed by atoms with Crippen LogP contribution in [0, 0.1) is 11.8 Å². The molecule has 1 aromatic carbocycles. The Morgan fingerprint density at radius 2 is 1.73 bits per heavy atom. The highest BCUT2D eigenvalue weighted by molar-refractivity contribution is 7.98. The van der Waals surface area contributed by atoms with Crippen LogP contribution >= 0.6 is 11.8 Å². The van der Waals surface area contributed by atoms with Crippen LogP contribution in [0.4, 0.5) is 5.69 Å². The van der Waals surface area contributed by atoms with E-state index in [-0.39, 0.29) is 0 Å². The summed E-state index contributed by atoms with van der Waals surface area (Å²) >= 11 is 1.87. The number of anilines is 1. The Kier molecular flexibility index (Phi) is 4.36. The first-order valence-electron chi connectivity index (χ1n) is 8.97. The van der Waals surface area contributed by atoms with Gasteiger partial charge in [0.2, 0.25) is 0 Å². The number of thioether (sulfide) groups is 1. The molecule has 3 aliphatic rings. The predicted octanol–water partition coefficient (Wildman–Crippen LogP) is 4.11. The fourth-order valence-corrected chi connectivity index (χ4v) is 5.65. The molecule has 1 aromatic rings. The van der Waals surface area contributed by atoms with Gasteiger partial charge < -0.3 is 4.90 Å². The molecule has 0 aromatic heterocycles. The van der Waals surface area contributed by atoms with Gasteiger partial charge in [0.1, 0.15) is 0 Å². The summed E-state index contributed by atoms with van der Waals surface area (Å²) < 4.78 is 0. The van der Waals surface area contributed by atoms with Gasteiger partial charge in [-0.1, -0.05) is 18.6 Å². The van der Waals surface area contributed by atoms with Crippen molar-refractivity contribution in [2.45, 2.75) is 43.0 Å². The van der Waals surface area contributed by atoms with Crippen LogP contribution in [0.25, 0.3) is 0 Å². The third-order valence-electron chi connectivity index (χ3n) is 6.21. The zero-order chi connectivity index (χ0) is 14.9. The average Bonchev–Trinajstić information content (AvgIpc) is 2.96. The van der Waals surface area contributed by atoms with Crippen molar-refractivity contribution in [1.82, 2.24) is 4.90 Å². The number of hydrogen-bond donors (Lipinski definition) is 0. The minimum atomic E-state index is 0.900. The van der Waals surface area contributed by atoms with Gasteiger partial charge >= 0.3 is 0 Å². The highest BCUT2D eigenvalue weighted by Gasteiger charge is 2.39. The molecule has 0 unspecified atom stereocenters. The van der Waals surface area contributed by atoms with Crippen LogP contribution < -0.4 is 4.90 Å². The summed E-state index contributed by atoms with van der Waals surface area (Å²) in [6.07, 6.45) is 9.70. The highest BCUT2D eigenvalue weighted by atomic mass is 32.2. The maximum Gasteiger partial charge on any atom is 0.0505 e. The van der Waals surface area contributed by atoms with E-state index in [0.29, 0.717) is 0 Å². The monoisotopic (exact) mass is 316 g/mol. The first-order valence-corrected chi connectivity index (χ1v) is 10.2. The molecule has 2 nitrogen and oxygen atoms in total. The summed E-state index contributed by atoms with van der Waals surface area (Å²) in [5.41, 5.74) is 1.44. The van der Waals surface area contributed by atoms with Gasteiger partial charge in [0, 0.05) is 37.1 Å². The van der Waals surface area contributed by atoms with E-state index in [2.05, 4.69) is 40.3 Å². The molecule has 1 aliphatic heterocycles. The van der Waals surface area contributed by atoms with Gasteiger partial charge in [-0.15, -0.1) is 11.8 Å². The Morgan fingerprint density at radius 1 is 0.955 bits per heavy atom. The van der Waals surface area contributed by atoms with Crippen LogP contribution in [0.1, 0.15) is 32.1 Å². The number of benzene rings is 1. The molecule has 2 aliphatic carbocycles. The molecule has 4 rings (SSSR count). The van der Waals surface area contributed by atoms with Crippen molar-refractivity contribution in [1.29, 1.82) is 0 Å². The summed E-state index contributed by atoms with van der Waals surface area (Å²) in [5.74, 6) is 2.10. The van der Waals surface area contributed by atoms with E-state index in [1.54, 1.807) is 0 Å². The second-order valence-electron chi connectivity index (χ2n) is 7.28. The zero-order valence-electron chi connectivity index (χ0n) is 13.7. The van der Waals surface area contributed by atoms with E-state index >= 15 is 0 Å². The molecule has 120 valence electrons. The molecule has 0 spiro atoms. The standard InChI is InChI=1S/C19H28N2S/c1-22-19-5-3-2-4-18(19)21-12-10-20(11-13-21)17-9-7-15-6-8-16(17)14-15/h2-5,15-17H,6-14H2,1H3/t15-,16+,17+/m1/s1. The predicted molar refractivity (Wildman–Crippen MR) is 95.9 cm³/mol. The van der Waals surface area contributed by atoms with Crippen molar-refractivity contribution >= 4 is 17.4 Å². The molecular formula is C19H28N2S. The summed E-state index contributed by atoms with van der Waals surface area (Å²) in [5, 5.41) is 0. The zero-order valence-corrected chi connectivity index (χ0v) is 14.5. The Bertz CT molecular complexity index is 510. The lowest BCUT2D eigenvalue weighted by atomic mass is 9.84. The van der Waals surface area contributed by atoms with Crippen LogP contribution in [-0.4, -0.2) is 43.4 Å². The van der Waals surface area contributed by atoms with E-state index in [1.807, 2.05) is 11.8 Å². The number of hydrogen-bond acceptors (Lipinski definition) is 3. The van der Waals surface area contributed by atoms with Gasteiger partial charge in [-0.3, -0.25) is 4.90 Å². The van der Waals surface area contributed by atoms with Crippen LogP contribution in [-0.2, 0) is 0 Å². The minimum Gasteiger partial charge on any atom is -0.368 e.